The van der Waals surface area contributed by atoms with Crippen LogP contribution in [0, 0.1) is 0 Å². The van der Waals surface area contributed by atoms with E-state index in [4.69, 9.17) is 10.7 Å². The molecule has 4 aromatic rings. The molecule has 34 heavy (non-hydrogen) atoms. The third-order valence-corrected chi connectivity index (χ3v) is 6.73. The number of hydrogen-bond donors (Lipinski definition) is 2. The summed E-state index contributed by atoms with van der Waals surface area (Å²) in [5, 5.41) is 0. The van der Waals surface area contributed by atoms with Crippen LogP contribution in [-0.4, -0.2) is 34.5 Å². The van der Waals surface area contributed by atoms with Crippen LogP contribution in [0.2, 0.25) is 0 Å². The van der Waals surface area contributed by atoms with E-state index in [1.165, 1.54) is 0 Å². The van der Waals surface area contributed by atoms with Crippen molar-refractivity contribution in [2.45, 2.75) is 4.90 Å². The molecule has 0 amide bonds. The molecule has 0 saturated heterocycles. The maximum absolute atomic E-state index is 12.4. The normalized spacial score (nSPS) is 12.4. The summed E-state index contributed by atoms with van der Waals surface area (Å²) in [6.45, 7) is 4.05. The Morgan fingerprint density at radius 1 is 1.18 bits per heavy atom. The third kappa shape index (κ3) is 4.98. The van der Waals surface area contributed by atoms with Crippen LogP contribution in [0.3, 0.4) is 0 Å². The van der Waals surface area contributed by atoms with Gasteiger partial charge in [-0.2, -0.15) is 0 Å². The minimum atomic E-state index is -3.58. The van der Waals surface area contributed by atoms with Crippen LogP contribution in [0.4, 0.5) is 5.82 Å². The molecule has 0 bridgehead atoms. The summed E-state index contributed by atoms with van der Waals surface area (Å²) < 4.78 is 29.9. The Hall–Kier alpha value is -3.60. The first-order valence-corrected chi connectivity index (χ1v) is 12.5. The number of rotatable bonds is 8. The highest BCUT2D eigenvalue weighted by molar-refractivity contribution is 9.10. The number of pyridine rings is 2. The lowest BCUT2D eigenvalue weighted by Crippen LogP contribution is -2.23. The standard InChI is InChI=1S/C24H21BrN6O2S/c1-2-18(9-6-7-14-29-34(32,33)19-10-4-3-5-11-19)31-23(20-12-8-13-27-22(20)26)30-21-15-17(25)16-28-24(21)31/h2-13,15-16,29H,1,14H2,(H2,26,27). The third-order valence-electron chi connectivity index (χ3n) is 4.86. The zero-order valence-corrected chi connectivity index (χ0v) is 20.4. The summed E-state index contributed by atoms with van der Waals surface area (Å²) in [7, 11) is -3.58. The average molecular weight is 537 g/mol. The molecule has 10 heteroatoms. The van der Waals surface area contributed by atoms with Gasteiger partial charge in [-0.25, -0.2) is 28.1 Å². The highest BCUT2D eigenvalue weighted by Crippen LogP contribution is 2.31. The molecule has 0 spiro atoms. The maximum Gasteiger partial charge on any atom is 0.240 e. The summed E-state index contributed by atoms with van der Waals surface area (Å²) in [6.07, 6.45) is 10.2. The lowest BCUT2D eigenvalue weighted by molar-refractivity contribution is 0.585. The van der Waals surface area contributed by atoms with Gasteiger partial charge in [-0.1, -0.05) is 36.9 Å². The molecule has 0 atom stereocenters. The van der Waals surface area contributed by atoms with E-state index in [1.807, 2.05) is 16.7 Å². The molecular formula is C24H21BrN6O2S. The van der Waals surface area contributed by atoms with Crippen molar-refractivity contribution in [2.24, 2.45) is 0 Å². The Morgan fingerprint density at radius 2 is 1.97 bits per heavy atom. The predicted octanol–water partition coefficient (Wildman–Crippen LogP) is 4.40. The van der Waals surface area contributed by atoms with E-state index >= 15 is 0 Å². The minimum Gasteiger partial charge on any atom is -0.383 e. The number of nitrogens with zero attached hydrogens (tertiary/aromatic N) is 4. The molecule has 1 aromatic carbocycles. The predicted molar refractivity (Wildman–Crippen MR) is 138 cm³/mol. The molecule has 3 heterocycles. The van der Waals surface area contributed by atoms with E-state index in [0.29, 0.717) is 34.1 Å². The fourth-order valence-electron chi connectivity index (χ4n) is 3.28. The molecule has 0 radical (unpaired) electrons. The molecule has 8 nitrogen and oxygen atoms in total. The lowest BCUT2D eigenvalue weighted by atomic mass is 10.2. The number of fused-ring (bicyclic) bond motifs is 1. The summed E-state index contributed by atoms with van der Waals surface area (Å²) in [6, 6.07) is 13.7. The van der Waals surface area contributed by atoms with Crippen LogP contribution >= 0.6 is 15.9 Å². The average Bonchev–Trinajstić information content (AvgIpc) is 3.20. The van der Waals surface area contributed by atoms with Crippen molar-refractivity contribution in [3.05, 3.63) is 96.3 Å². The van der Waals surface area contributed by atoms with Crippen LogP contribution in [0.5, 0.6) is 0 Å². The summed E-state index contributed by atoms with van der Waals surface area (Å²) in [5.74, 6) is 0.905. The van der Waals surface area contributed by atoms with Crippen molar-refractivity contribution >= 4 is 48.6 Å². The molecular weight excluding hydrogens is 516 g/mol. The number of aromatic nitrogens is 4. The highest BCUT2D eigenvalue weighted by Gasteiger charge is 2.18. The molecule has 0 fully saturated rings. The highest BCUT2D eigenvalue weighted by atomic mass is 79.9. The molecule has 4 rings (SSSR count). The van der Waals surface area contributed by atoms with Crippen LogP contribution in [0.25, 0.3) is 28.2 Å². The number of nitrogen functional groups attached to an aromatic ring is 1. The van der Waals surface area contributed by atoms with Crippen LogP contribution in [-0.2, 0) is 10.0 Å². The van der Waals surface area contributed by atoms with Gasteiger partial charge in [-0.3, -0.25) is 4.57 Å². The van der Waals surface area contributed by atoms with Gasteiger partial charge < -0.3 is 5.73 Å². The molecule has 0 aliphatic rings. The smallest absolute Gasteiger partial charge is 0.240 e. The first-order chi connectivity index (χ1) is 16.4. The second-order valence-corrected chi connectivity index (χ2v) is 9.77. The molecule has 0 saturated carbocycles. The van der Waals surface area contributed by atoms with Crippen molar-refractivity contribution in [3.8, 4) is 11.4 Å². The van der Waals surface area contributed by atoms with Crippen molar-refractivity contribution in [1.82, 2.24) is 24.2 Å². The number of nitrogens with one attached hydrogen (secondary N) is 1. The number of imidazole rings is 1. The summed E-state index contributed by atoms with van der Waals surface area (Å²) in [5.41, 5.74) is 8.74. The van der Waals surface area contributed by atoms with Gasteiger partial charge in [0.2, 0.25) is 10.0 Å². The van der Waals surface area contributed by atoms with Gasteiger partial charge in [0.25, 0.3) is 0 Å². The van der Waals surface area contributed by atoms with E-state index in [9.17, 15) is 8.42 Å². The van der Waals surface area contributed by atoms with E-state index in [0.717, 1.165) is 4.47 Å². The van der Waals surface area contributed by atoms with Gasteiger partial charge in [0.05, 0.1) is 10.5 Å². The Balaban J connectivity index is 1.66. The number of benzene rings is 1. The number of allylic oxidation sites excluding steroid dienone is 4. The Kier molecular flexibility index (Phi) is 7.01. The van der Waals surface area contributed by atoms with Crippen molar-refractivity contribution in [1.29, 1.82) is 0 Å². The van der Waals surface area contributed by atoms with Gasteiger partial charge >= 0.3 is 0 Å². The quantitative estimate of drug-likeness (QED) is 0.322. The van der Waals surface area contributed by atoms with E-state index in [1.54, 1.807) is 73.1 Å². The Morgan fingerprint density at radius 3 is 2.71 bits per heavy atom. The minimum absolute atomic E-state index is 0.121. The number of halogens is 1. The number of sulfonamides is 1. The van der Waals surface area contributed by atoms with E-state index in [-0.39, 0.29) is 11.4 Å². The summed E-state index contributed by atoms with van der Waals surface area (Å²) in [4.78, 5) is 13.6. The monoisotopic (exact) mass is 536 g/mol. The van der Waals surface area contributed by atoms with Crippen molar-refractivity contribution in [3.63, 3.8) is 0 Å². The van der Waals surface area contributed by atoms with Gasteiger partial charge in [-0.05, 0) is 58.4 Å². The van der Waals surface area contributed by atoms with Crippen LogP contribution in [0.15, 0.2) is 101 Å². The fraction of sp³-hybridized carbons (Fsp3) is 0.0417. The fourth-order valence-corrected chi connectivity index (χ4v) is 4.60. The summed E-state index contributed by atoms with van der Waals surface area (Å²) >= 11 is 3.43. The topological polar surface area (TPSA) is 116 Å². The van der Waals surface area contributed by atoms with Crippen LogP contribution in [0.1, 0.15) is 0 Å². The zero-order valence-electron chi connectivity index (χ0n) is 18.0. The van der Waals surface area contributed by atoms with E-state index in [2.05, 4.69) is 37.2 Å². The molecule has 3 N–H and O–H groups in total. The van der Waals surface area contributed by atoms with Gasteiger partial charge in [0.1, 0.15) is 11.3 Å². The van der Waals surface area contributed by atoms with Crippen LogP contribution < -0.4 is 10.5 Å². The molecule has 3 aromatic heterocycles. The van der Waals surface area contributed by atoms with Gasteiger partial charge in [0.15, 0.2) is 11.5 Å². The first-order valence-electron chi connectivity index (χ1n) is 10.2. The largest absolute Gasteiger partial charge is 0.383 e. The number of nitrogens with two attached hydrogens (primary N) is 1. The lowest BCUT2D eigenvalue weighted by Gasteiger charge is -2.10. The Bertz CT molecular complexity index is 1510. The second kappa shape index (κ2) is 10.1. The molecule has 0 aliphatic heterocycles. The van der Waals surface area contributed by atoms with Crippen molar-refractivity contribution in [2.75, 3.05) is 12.3 Å². The maximum atomic E-state index is 12.4. The number of hydrogen-bond acceptors (Lipinski definition) is 6. The van der Waals surface area contributed by atoms with Crippen molar-refractivity contribution < 1.29 is 8.42 Å². The second-order valence-electron chi connectivity index (χ2n) is 7.09. The van der Waals surface area contributed by atoms with Gasteiger partial charge in [0, 0.05) is 29.1 Å². The number of anilines is 1. The zero-order chi connectivity index (χ0) is 24.1. The molecule has 172 valence electrons. The SMILES string of the molecule is C=CC(=CC=CCNS(=O)(=O)c1ccccc1)n1c(-c2cccnc2N)nc2cc(Br)cnc21. The van der Waals surface area contributed by atoms with E-state index < -0.39 is 10.0 Å². The first kappa shape index (κ1) is 23.6. The molecule has 0 unspecified atom stereocenters. The molecule has 0 aliphatic carbocycles. The van der Waals surface area contributed by atoms with Gasteiger partial charge in [-0.15, -0.1) is 0 Å². The Labute approximate surface area is 205 Å².